The lowest BCUT2D eigenvalue weighted by molar-refractivity contribution is -0.384. The van der Waals surface area contributed by atoms with Crippen molar-refractivity contribution < 1.29 is 17.5 Å². The van der Waals surface area contributed by atoms with E-state index < -0.39 is 15.0 Å². The summed E-state index contributed by atoms with van der Waals surface area (Å²) >= 11 is 0. The highest BCUT2D eigenvalue weighted by atomic mass is 32.2. The Morgan fingerprint density at radius 2 is 1.80 bits per heavy atom. The van der Waals surface area contributed by atoms with Crippen LogP contribution >= 0.6 is 10.5 Å². The Hall–Kier alpha value is -2.36. The number of benzene rings is 2. The lowest BCUT2D eigenvalue weighted by atomic mass is 10.2. The predicted octanol–water partition coefficient (Wildman–Crippen LogP) is 3.76. The molecular weight excluding hydrogens is 364 g/mol. The first-order valence-corrected chi connectivity index (χ1v) is 10.2. The third-order valence-electron chi connectivity index (χ3n) is 3.38. The molecule has 1 atom stereocenters. The van der Waals surface area contributed by atoms with Crippen LogP contribution in [0.2, 0.25) is 0 Å². The molecule has 25 heavy (non-hydrogen) atoms. The molecule has 0 saturated carbocycles. The average Bonchev–Trinajstić information content (AvgIpc) is 2.96. The van der Waals surface area contributed by atoms with Gasteiger partial charge in [0, 0.05) is 28.7 Å². The number of thiazole rings is 1. The van der Waals surface area contributed by atoms with Gasteiger partial charge in [0.1, 0.15) is 11.8 Å². The molecule has 2 aromatic carbocycles. The number of hydrogen-bond donors (Lipinski definition) is 0. The third-order valence-corrected chi connectivity index (χ3v) is 6.13. The monoisotopic (exact) mass is 381 g/mol. The van der Waals surface area contributed by atoms with Crippen LogP contribution < -0.4 is 0 Å². The predicted molar refractivity (Wildman–Crippen MR) is 97.2 cm³/mol. The maximum Gasteiger partial charge on any atom is 0.296 e. The molecule has 3 aromatic rings. The Morgan fingerprint density at radius 1 is 1.16 bits per heavy atom. The first kappa shape index (κ1) is 19.0. The van der Waals surface area contributed by atoms with Crippen LogP contribution in [-0.4, -0.2) is 25.4 Å². The molecule has 9 heteroatoms. The fourth-order valence-corrected chi connectivity index (χ4v) is 3.76. The number of fused-ring (bicyclic) bond motifs is 1. The highest BCUT2D eigenvalue weighted by Gasteiger charge is 2.13. The van der Waals surface area contributed by atoms with Crippen molar-refractivity contribution in [3.05, 3.63) is 63.7 Å². The van der Waals surface area contributed by atoms with E-state index in [1.165, 1.54) is 24.3 Å². The van der Waals surface area contributed by atoms with Crippen LogP contribution in [0.3, 0.4) is 0 Å². The minimum atomic E-state index is -3.51. The minimum absolute atomic E-state index is 0.0165. The molecule has 0 saturated heterocycles. The molecule has 0 aliphatic rings. The zero-order chi connectivity index (χ0) is 18.6. The summed E-state index contributed by atoms with van der Waals surface area (Å²) in [5.41, 5.74) is 3.69. The molecule has 0 bridgehead atoms. The lowest BCUT2D eigenvalue weighted by Gasteiger charge is -2.00. The van der Waals surface area contributed by atoms with Gasteiger partial charge in [0.25, 0.3) is 15.8 Å². The van der Waals surface area contributed by atoms with E-state index in [-0.39, 0.29) is 21.1 Å². The van der Waals surface area contributed by atoms with E-state index in [0.29, 0.717) is 0 Å². The van der Waals surface area contributed by atoms with Crippen molar-refractivity contribution in [1.29, 1.82) is 0 Å². The summed E-state index contributed by atoms with van der Waals surface area (Å²) in [7, 11) is -2.35. The van der Waals surface area contributed by atoms with Crippen molar-refractivity contribution in [1.82, 2.24) is 4.98 Å². The zero-order valence-electron chi connectivity index (χ0n) is 13.9. The van der Waals surface area contributed by atoms with E-state index in [4.69, 9.17) is 0 Å². The summed E-state index contributed by atoms with van der Waals surface area (Å²) in [6, 6.07) is 11.3. The Morgan fingerprint density at radius 3 is 2.36 bits per heavy atom. The molecule has 1 heterocycles. The van der Waals surface area contributed by atoms with E-state index >= 15 is 0 Å². The highest BCUT2D eigenvalue weighted by Crippen LogP contribution is 2.28. The molecule has 0 spiro atoms. The van der Waals surface area contributed by atoms with E-state index in [2.05, 4.69) is 9.17 Å². The third kappa shape index (κ3) is 4.59. The average molecular weight is 381 g/mol. The number of nitro benzene ring substituents is 1. The van der Waals surface area contributed by atoms with Crippen molar-refractivity contribution in [3.8, 4) is 0 Å². The Balaban J connectivity index is 0.000000181. The summed E-state index contributed by atoms with van der Waals surface area (Å²) in [4.78, 5) is 14.3. The molecule has 0 amide bonds. The quantitative estimate of drug-likeness (QED) is 0.296. The molecule has 0 aliphatic carbocycles. The lowest BCUT2D eigenvalue weighted by Crippen LogP contribution is -2.02. The van der Waals surface area contributed by atoms with Gasteiger partial charge in [-0.05, 0) is 19.1 Å². The van der Waals surface area contributed by atoms with Crippen LogP contribution in [0.5, 0.6) is 0 Å². The topological polar surface area (TPSA) is 99.4 Å². The van der Waals surface area contributed by atoms with Crippen molar-refractivity contribution in [3.63, 3.8) is 0 Å². The summed E-state index contributed by atoms with van der Waals surface area (Å²) in [5.74, 6) is 0. The zero-order valence-corrected chi connectivity index (χ0v) is 15.5. The highest BCUT2D eigenvalue weighted by molar-refractivity contribution is 7.86. The second-order valence-corrected chi connectivity index (χ2v) is 8.61. The summed E-state index contributed by atoms with van der Waals surface area (Å²) in [6.45, 7) is 1.89. The van der Waals surface area contributed by atoms with Crippen molar-refractivity contribution >= 4 is 36.5 Å². The van der Waals surface area contributed by atoms with E-state index in [1.807, 2.05) is 18.7 Å². The summed E-state index contributed by atoms with van der Waals surface area (Å²) in [6.07, 6.45) is 2.04. The molecule has 3 rings (SSSR count). The second kappa shape index (κ2) is 7.68. The standard InChI is InChI=1S/C8H7N2O2S.C8H10O3S/c1-13-5-9-7-4-6(10(11)12)2-3-8(7)13;1-7-3-5-8(6-4-7)12(9,10)11-2/h2-5H,1H3;3-6H,1-2H3/q+1;. The summed E-state index contributed by atoms with van der Waals surface area (Å²) < 4.78 is 27.6. The van der Waals surface area contributed by atoms with Crippen LogP contribution in [0.15, 0.2) is 52.9 Å². The molecule has 0 aliphatic heterocycles. The summed E-state index contributed by atoms with van der Waals surface area (Å²) in [5, 5.41) is 10.4. The molecule has 132 valence electrons. The number of non-ortho nitro benzene ring substituents is 1. The van der Waals surface area contributed by atoms with Gasteiger partial charge in [-0.1, -0.05) is 17.7 Å². The first-order chi connectivity index (χ1) is 11.7. The number of nitro groups is 1. The van der Waals surface area contributed by atoms with Crippen LogP contribution in [0.1, 0.15) is 5.56 Å². The van der Waals surface area contributed by atoms with Gasteiger partial charge in [0.2, 0.25) is 10.2 Å². The molecular formula is C16H17N2O5S2+. The Bertz CT molecular complexity index is 995. The van der Waals surface area contributed by atoms with Gasteiger partial charge in [0.15, 0.2) is 0 Å². The molecule has 7 nitrogen and oxygen atoms in total. The SMILES string of the molecule is COS(=O)(=O)c1ccc(C)cc1.C[s+]1cnc2cc([N+](=O)[O-])ccc21. The number of aromatic nitrogens is 1. The van der Waals surface area contributed by atoms with Gasteiger partial charge in [-0.25, -0.2) is 0 Å². The Labute approximate surface area is 148 Å². The molecule has 1 unspecified atom stereocenters. The van der Waals surface area contributed by atoms with Gasteiger partial charge >= 0.3 is 0 Å². The van der Waals surface area contributed by atoms with Crippen LogP contribution in [-0.2, 0) is 20.6 Å². The first-order valence-electron chi connectivity index (χ1n) is 7.09. The second-order valence-electron chi connectivity index (χ2n) is 5.14. The smallest absolute Gasteiger partial charge is 0.270 e. The van der Waals surface area contributed by atoms with Crippen molar-refractivity contribution in [2.24, 2.45) is 6.26 Å². The molecule has 0 N–H and O–H groups in total. The van der Waals surface area contributed by atoms with Gasteiger partial charge in [0.05, 0.1) is 16.9 Å². The van der Waals surface area contributed by atoms with Crippen LogP contribution in [0.25, 0.3) is 10.2 Å². The normalized spacial score (nSPS) is 11.7. The van der Waals surface area contributed by atoms with Crippen molar-refractivity contribution in [2.75, 3.05) is 7.11 Å². The van der Waals surface area contributed by atoms with Crippen molar-refractivity contribution in [2.45, 2.75) is 11.8 Å². The van der Waals surface area contributed by atoms with E-state index in [0.717, 1.165) is 22.9 Å². The molecule has 0 fully saturated rings. The maximum atomic E-state index is 11.1. The maximum absolute atomic E-state index is 11.1. The number of aryl methyl sites for hydroxylation is 2. The Kier molecular flexibility index (Phi) is 5.83. The number of nitrogens with zero attached hydrogens (tertiary/aromatic N) is 2. The fourth-order valence-electron chi connectivity index (χ4n) is 1.99. The molecule has 1 aromatic heterocycles. The van der Waals surface area contributed by atoms with E-state index in [9.17, 15) is 18.5 Å². The van der Waals surface area contributed by atoms with Gasteiger partial charge in [-0.15, -0.1) is 0 Å². The minimum Gasteiger partial charge on any atom is -0.270 e. The van der Waals surface area contributed by atoms with Gasteiger partial charge in [-0.3, -0.25) is 14.3 Å². The fraction of sp³-hybridized carbons (Fsp3) is 0.188. The largest absolute Gasteiger partial charge is 0.296 e. The molecule has 0 radical (unpaired) electrons. The van der Waals surface area contributed by atoms with Gasteiger partial charge < -0.3 is 0 Å². The van der Waals surface area contributed by atoms with Crippen LogP contribution in [0.4, 0.5) is 5.69 Å². The number of hydrogen-bond acceptors (Lipinski definition) is 6. The van der Waals surface area contributed by atoms with Gasteiger partial charge in [-0.2, -0.15) is 13.4 Å². The van der Waals surface area contributed by atoms with Crippen LogP contribution in [0, 0.1) is 17.0 Å². The number of rotatable bonds is 3. The van der Waals surface area contributed by atoms with E-state index in [1.54, 1.807) is 18.2 Å².